The standard InChI is InChI=1S/C16H22O5S/c1-12-3-5-14(6-4-12)22(19,20)21-11-13-7-9-16(2,10-8-13)15(17)18/h3-6,13H,7-11H2,1-2H3,(H,17,18). The van der Waals surface area contributed by atoms with Crippen LogP contribution in [0.25, 0.3) is 0 Å². The number of carboxylic acid groups (broad SMARTS) is 1. The molecule has 5 nitrogen and oxygen atoms in total. The van der Waals surface area contributed by atoms with Gasteiger partial charge in [-0.05, 0) is 57.6 Å². The molecule has 1 saturated carbocycles. The molecule has 1 aromatic carbocycles. The van der Waals surface area contributed by atoms with Crippen molar-refractivity contribution in [1.82, 2.24) is 0 Å². The van der Waals surface area contributed by atoms with Gasteiger partial charge >= 0.3 is 5.97 Å². The van der Waals surface area contributed by atoms with E-state index in [9.17, 15) is 18.3 Å². The third-order valence-electron chi connectivity index (χ3n) is 4.49. The van der Waals surface area contributed by atoms with E-state index in [1.807, 2.05) is 6.92 Å². The molecule has 0 radical (unpaired) electrons. The second kappa shape index (κ2) is 6.38. The van der Waals surface area contributed by atoms with Gasteiger partial charge in [0.2, 0.25) is 0 Å². The monoisotopic (exact) mass is 326 g/mol. The van der Waals surface area contributed by atoms with Crippen LogP contribution in [0.2, 0.25) is 0 Å². The number of rotatable bonds is 5. The van der Waals surface area contributed by atoms with Gasteiger partial charge in [0.1, 0.15) is 0 Å². The highest BCUT2D eigenvalue weighted by atomic mass is 32.2. The molecule has 1 aliphatic rings. The highest BCUT2D eigenvalue weighted by Gasteiger charge is 2.37. The summed E-state index contributed by atoms with van der Waals surface area (Å²) in [6.07, 6.45) is 2.46. The Labute approximate surface area is 131 Å². The van der Waals surface area contributed by atoms with Crippen molar-refractivity contribution in [2.24, 2.45) is 11.3 Å². The molecule has 1 N–H and O–H groups in total. The molecule has 6 heteroatoms. The first kappa shape index (κ1) is 17.0. The van der Waals surface area contributed by atoms with Gasteiger partial charge in [0, 0.05) is 0 Å². The van der Waals surface area contributed by atoms with Crippen LogP contribution in [0.4, 0.5) is 0 Å². The normalized spacial score (nSPS) is 25.8. The first-order chi connectivity index (χ1) is 10.2. The molecule has 1 aliphatic carbocycles. The van der Waals surface area contributed by atoms with Gasteiger partial charge in [-0.1, -0.05) is 17.7 Å². The molecule has 2 rings (SSSR count). The van der Waals surface area contributed by atoms with Crippen LogP contribution in [-0.2, 0) is 19.1 Å². The SMILES string of the molecule is Cc1ccc(S(=O)(=O)OCC2CCC(C)(C(=O)O)CC2)cc1. The van der Waals surface area contributed by atoms with Crippen LogP contribution < -0.4 is 0 Å². The van der Waals surface area contributed by atoms with Crippen LogP contribution in [0.15, 0.2) is 29.2 Å². The summed E-state index contributed by atoms with van der Waals surface area (Å²) in [5, 5.41) is 9.19. The molecule has 0 saturated heterocycles. The number of hydrogen-bond acceptors (Lipinski definition) is 4. The van der Waals surface area contributed by atoms with Crippen LogP contribution >= 0.6 is 0 Å². The van der Waals surface area contributed by atoms with Gasteiger partial charge in [0.05, 0.1) is 16.9 Å². The zero-order valence-electron chi connectivity index (χ0n) is 12.9. The van der Waals surface area contributed by atoms with Crippen molar-refractivity contribution < 1.29 is 22.5 Å². The average Bonchev–Trinajstić information content (AvgIpc) is 2.47. The Morgan fingerprint density at radius 3 is 2.32 bits per heavy atom. The van der Waals surface area contributed by atoms with E-state index < -0.39 is 21.5 Å². The number of benzene rings is 1. The third-order valence-corrected chi connectivity index (χ3v) is 5.79. The van der Waals surface area contributed by atoms with E-state index in [1.54, 1.807) is 19.1 Å². The molecule has 1 aromatic rings. The van der Waals surface area contributed by atoms with Gasteiger partial charge in [0.25, 0.3) is 10.1 Å². The van der Waals surface area contributed by atoms with Gasteiger partial charge in [-0.15, -0.1) is 0 Å². The van der Waals surface area contributed by atoms with Crippen molar-refractivity contribution in [3.8, 4) is 0 Å². The lowest BCUT2D eigenvalue weighted by atomic mass is 9.72. The van der Waals surface area contributed by atoms with E-state index >= 15 is 0 Å². The third kappa shape index (κ3) is 3.87. The minimum atomic E-state index is -3.74. The summed E-state index contributed by atoms with van der Waals surface area (Å²) in [5.41, 5.74) is 0.297. The molecule has 0 aliphatic heterocycles. The lowest BCUT2D eigenvalue weighted by molar-refractivity contribution is -0.150. The van der Waals surface area contributed by atoms with Crippen molar-refractivity contribution >= 4 is 16.1 Å². The topological polar surface area (TPSA) is 80.7 Å². The Morgan fingerprint density at radius 1 is 1.27 bits per heavy atom. The van der Waals surface area contributed by atoms with Crippen LogP contribution in [0.5, 0.6) is 0 Å². The first-order valence-electron chi connectivity index (χ1n) is 7.42. The second-order valence-electron chi connectivity index (χ2n) is 6.36. The van der Waals surface area contributed by atoms with Crippen LogP contribution in [0, 0.1) is 18.3 Å². The molecule has 0 heterocycles. The van der Waals surface area contributed by atoms with Gasteiger partial charge in [-0.3, -0.25) is 8.98 Å². The van der Waals surface area contributed by atoms with Crippen molar-refractivity contribution in [2.45, 2.75) is 44.4 Å². The maximum atomic E-state index is 12.1. The molecule has 0 bridgehead atoms. The number of hydrogen-bond donors (Lipinski definition) is 1. The zero-order valence-corrected chi connectivity index (χ0v) is 13.7. The smallest absolute Gasteiger partial charge is 0.309 e. The van der Waals surface area contributed by atoms with E-state index in [0.717, 1.165) is 5.56 Å². The molecular formula is C16H22O5S. The molecule has 1 fully saturated rings. The highest BCUT2D eigenvalue weighted by molar-refractivity contribution is 7.86. The summed E-state index contributed by atoms with van der Waals surface area (Å²) in [6.45, 7) is 3.75. The Balaban J connectivity index is 1.91. The molecule has 22 heavy (non-hydrogen) atoms. The highest BCUT2D eigenvalue weighted by Crippen LogP contribution is 2.39. The van der Waals surface area contributed by atoms with Gasteiger partial charge < -0.3 is 5.11 Å². The summed E-state index contributed by atoms with van der Waals surface area (Å²) in [7, 11) is -3.74. The maximum absolute atomic E-state index is 12.1. The Bertz CT molecular complexity index is 625. The Hall–Kier alpha value is -1.40. The summed E-state index contributed by atoms with van der Waals surface area (Å²) in [4.78, 5) is 11.3. The Morgan fingerprint density at radius 2 is 1.82 bits per heavy atom. The second-order valence-corrected chi connectivity index (χ2v) is 7.98. The fraction of sp³-hybridized carbons (Fsp3) is 0.562. The van der Waals surface area contributed by atoms with Gasteiger partial charge in [0.15, 0.2) is 0 Å². The van der Waals surface area contributed by atoms with E-state index in [1.165, 1.54) is 12.1 Å². The quantitative estimate of drug-likeness (QED) is 0.841. The summed E-state index contributed by atoms with van der Waals surface area (Å²) >= 11 is 0. The summed E-state index contributed by atoms with van der Waals surface area (Å²) in [5.74, 6) is -0.688. The average molecular weight is 326 g/mol. The van der Waals surface area contributed by atoms with Crippen LogP contribution in [-0.4, -0.2) is 26.1 Å². The fourth-order valence-electron chi connectivity index (χ4n) is 2.65. The van der Waals surface area contributed by atoms with E-state index in [4.69, 9.17) is 4.18 Å². The molecule has 122 valence electrons. The van der Waals surface area contributed by atoms with Gasteiger partial charge in [-0.25, -0.2) is 0 Å². The molecular weight excluding hydrogens is 304 g/mol. The number of carbonyl (C=O) groups is 1. The molecule has 0 unspecified atom stereocenters. The predicted octanol–water partition coefficient (Wildman–Crippen LogP) is 2.98. The Kier molecular flexibility index (Phi) is 4.92. The van der Waals surface area contributed by atoms with Crippen LogP contribution in [0.3, 0.4) is 0 Å². The zero-order chi connectivity index (χ0) is 16.4. The number of carboxylic acids is 1. The maximum Gasteiger partial charge on any atom is 0.309 e. The fourth-order valence-corrected chi connectivity index (χ4v) is 3.63. The van der Waals surface area contributed by atoms with E-state index in [2.05, 4.69) is 0 Å². The molecule has 0 atom stereocenters. The number of aliphatic carboxylic acids is 1. The molecule has 0 spiro atoms. The lowest BCUT2D eigenvalue weighted by Gasteiger charge is -2.33. The van der Waals surface area contributed by atoms with Crippen molar-refractivity contribution in [3.05, 3.63) is 29.8 Å². The minimum Gasteiger partial charge on any atom is -0.481 e. The summed E-state index contributed by atoms with van der Waals surface area (Å²) in [6, 6.07) is 6.53. The molecule has 0 amide bonds. The van der Waals surface area contributed by atoms with E-state index in [-0.39, 0.29) is 17.4 Å². The molecule has 0 aromatic heterocycles. The van der Waals surface area contributed by atoms with Crippen LogP contribution in [0.1, 0.15) is 38.2 Å². The van der Waals surface area contributed by atoms with Gasteiger partial charge in [-0.2, -0.15) is 8.42 Å². The predicted molar refractivity (Wildman–Crippen MR) is 82.0 cm³/mol. The van der Waals surface area contributed by atoms with Crippen molar-refractivity contribution in [1.29, 1.82) is 0 Å². The first-order valence-corrected chi connectivity index (χ1v) is 8.83. The minimum absolute atomic E-state index is 0.0904. The van der Waals surface area contributed by atoms with Crippen molar-refractivity contribution in [2.75, 3.05) is 6.61 Å². The lowest BCUT2D eigenvalue weighted by Crippen LogP contribution is -2.33. The summed E-state index contributed by atoms with van der Waals surface area (Å²) < 4.78 is 29.4. The van der Waals surface area contributed by atoms with Crippen molar-refractivity contribution in [3.63, 3.8) is 0 Å². The largest absolute Gasteiger partial charge is 0.481 e. The number of aryl methyl sites for hydroxylation is 1. The van der Waals surface area contributed by atoms with E-state index in [0.29, 0.717) is 25.7 Å².